The van der Waals surface area contributed by atoms with Gasteiger partial charge in [0.1, 0.15) is 21.5 Å². The molecule has 0 aliphatic heterocycles. The summed E-state index contributed by atoms with van der Waals surface area (Å²) in [6, 6.07) is 15.7. The Balaban J connectivity index is 1.44. The van der Waals surface area contributed by atoms with Crippen LogP contribution in [0.4, 0.5) is 0 Å². The molecule has 7 heteroatoms. The molecule has 0 aliphatic carbocycles. The van der Waals surface area contributed by atoms with Crippen LogP contribution in [0.1, 0.15) is 21.2 Å². The summed E-state index contributed by atoms with van der Waals surface area (Å²) in [7, 11) is 1.64. The molecular formula is C22H22N4O2S. The van der Waals surface area contributed by atoms with Gasteiger partial charge in [0, 0.05) is 18.7 Å². The molecule has 1 amide bonds. The molecular weight excluding hydrogens is 384 g/mol. The molecule has 2 aromatic carbocycles. The Morgan fingerprint density at radius 2 is 1.86 bits per heavy atom. The lowest BCUT2D eigenvalue weighted by molar-refractivity contribution is 0.0955. The smallest absolute Gasteiger partial charge is 0.263 e. The summed E-state index contributed by atoms with van der Waals surface area (Å²) in [5.74, 6) is 1.64. The topological polar surface area (TPSA) is 69.0 Å². The van der Waals surface area contributed by atoms with Gasteiger partial charge in [-0.05, 0) is 50.2 Å². The van der Waals surface area contributed by atoms with Crippen LogP contribution in [-0.4, -0.2) is 34.1 Å². The molecule has 2 aromatic heterocycles. The SMILES string of the molecule is COc1ccc(-c2nc(C)c(C(=O)NCCn3c(C)nc4ccccc43)s2)cc1. The van der Waals surface area contributed by atoms with Crippen molar-refractivity contribution in [3.05, 3.63) is 64.9 Å². The molecule has 0 radical (unpaired) electrons. The highest BCUT2D eigenvalue weighted by molar-refractivity contribution is 7.17. The lowest BCUT2D eigenvalue weighted by Crippen LogP contribution is -2.27. The zero-order valence-electron chi connectivity index (χ0n) is 16.6. The van der Waals surface area contributed by atoms with Gasteiger partial charge in [-0.1, -0.05) is 12.1 Å². The minimum atomic E-state index is -0.0955. The second-order valence-electron chi connectivity index (χ2n) is 6.72. The molecule has 6 nitrogen and oxygen atoms in total. The van der Waals surface area contributed by atoms with Crippen LogP contribution in [0.25, 0.3) is 21.6 Å². The fourth-order valence-electron chi connectivity index (χ4n) is 3.30. The van der Waals surface area contributed by atoms with Crippen LogP contribution in [0.15, 0.2) is 48.5 Å². The molecule has 0 spiro atoms. The van der Waals surface area contributed by atoms with Gasteiger partial charge in [0.2, 0.25) is 0 Å². The number of thiazole rings is 1. The molecule has 148 valence electrons. The Morgan fingerprint density at radius 3 is 2.62 bits per heavy atom. The molecule has 0 unspecified atom stereocenters. The number of aromatic nitrogens is 3. The lowest BCUT2D eigenvalue weighted by Gasteiger charge is -2.08. The second kappa shape index (κ2) is 8.05. The van der Waals surface area contributed by atoms with Gasteiger partial charge >= 0.3 is 0 Å². The number of hydrogen-bond donors (Lipinski definition) is 1. The van der Waals surface area contributed by atoms with Crippen molar-refractivity contribution in [2.45, 2.75) is 20.4 Å². The standard InChI is InChI=1S/C22H22N4O2S/c1-14-20(29-22(24-14)16-8-10-17(28-3)11-9-16)21(27)23-12-13-26-15(2)25-18-6-4-5-7-19(18)26/h4-11H,12-13H2,1-3H3,(H,23,27). The van der Waals surface area contributed by atoms with Crippen molar-refractivity contribution in [1.29, 1.82) is 0 Å². The number of ether oxygens (including phenoxy) is 1. The Morgan fingerprint density at radius 1 is 1.10 bits per heavy atom. The number of imidazole rings is 1. The van der Waals surface area contributed by atoms with E-state index in [-0.39, 0.29) is 5.91 Å². The predicted octanol–water partition coefficient (Wildman–Crippen LogP) is 4.22. The maximum Gasteiger partial charge on any atom is 0.263 e. The van der Waals surface area contributed by atoms with Gasteiger partial charge in [0.25, 0.3) is 5.91 Å². The number of methoxy groups -OCH3 is 1. The average molecular weight is 407 g/mol. The number of para-hydroxylation sites is 2. The van der Waals surface area contributed by atoms with Crippen LogP contribution in [0.5, 0.6) is 5.75 Å². The van der Waals surface area contributed by atoms with Crippen molar-refractivity contribution >= 4 is 28.3 Å². The largest absolute Gasteiger partial charge is 0.497 e. The molecule has 0 aliphatic rings. The third-order valence-electron chi connectivity index (χ3n) is 4.81. The van der Waals surface area contributed by atoms with Crippen LogP contribution >= 0.6 is 11.3 Å². The van der Waals surface area contributed by atoms with Gasteiger partial charge in [-0.2, -0.15) is 0 Å². The molecule has 0 atom stereocenters. The summed E-state index contributed by atoms with van der Waals surface area (Å²) in [5, 5.41) is 3.84. The van der Waals surface area contributed by atoms with E-state index in [1.807, 2.05) is 62.4 Å². The molecule has 0 fully saturated rings. The number of rotatable bonds is 6. The number of nitrogens with one attached hydrogen (secondary N) is 1. The fraction of sp³-hybridized carbons (Fsp3) is 0.227. The van der Waals surface area contributed by atoms with E-state index in [9.17, 15) is 4.79 Å². The van der Waals surface area contributed by atoms with E-state index < -0.39 is 0 Å². The summed E-state index contributed by atoms with van der Waals surface area (Å²) in [5.41, 5.74) is 3.76. The summed E-state index contributed by atoms with van der Waals surface area (Å²) < 4.78 is 7.32. The van der Waals surface area contributed by atoms with Crippen molar-refractivity contribution < 1.29 is 9.53 Å². The molecule has 4 rings (SSSR count). The summed E-state index contributed by atoms with van der Waals surface area (Å²) in [4.78, 5) is 22.5. The van der Waals surface area contributed by atoms with Gasteiger partial charge in [-0.25, -0.2) is 9.97 Å². The molecule has 0 bridgehead atoms. The normalized spacial score (nSPS) is 11.0. The first-order valence-corrected chi connectivity index (χ1v) is 10.2. The highest BCUT2D eigenvalue weighted by Crippen LogP contribution is 2.29. The second-order valence-corrected chi connectivity index (χ2v) is 7.72. The molecule has 0 saturated carbocycles. The van der Waals surface area contributed by atoms with E-state index in [0.717, 1.165) is 38.9 Å². The molecule has 0 saturated heterocycles. The van der Waals surface area contributed by atoms with Crippen LogP contribution < -0.4 is 10.1 Å². The number of carbonyl (C=O) groups excluding carboxylic acids is 1. The number of fused-ring (bicyclic) bond motifs is 1. The molecule has 1 N–H and O–H groups in total. The number of aryl methyl sites for hydroxylation is 2. The quantitative estimate of drug-likeness (QED) is 0.521. The Labute approximate surface area is 173 Å². The molecule has 2 heterocycles. The van der Waals surface area contributed by atoms with Crippen molar-refractivity contribution in [2.24, 2.45) is 0 Å². The lowest BCUT2D eigenvalue weighted by atomic mass is 10.2. The number of benzene rings is 2. The van der Waals surface area contributed by atoms with Crippen molar-refractivity contribution in [2.75, 3.05) is 13.7 Å². The van der Waals surface area contributed by atoms with E-state index in [2.05, 4.69) is 19.9 Å². The highest BCUT2D eigenvalue weighted by Gasteiger charge is 2.16. The van der Waals surface area contributed by atoms with Gasteiger partial charge in [0.05, 0.1) is 23.8 Å². The zero-order chi connectivity index (χ0) is 20.4. The Hall–Kier alpha value is -3.19. The van der Waals surface area contributed by atoms with Crippen LogP contribution in [0.3, 0.4) is 0 Å². The number of nitrogens with zero attached hydrogens (tertiary/aromatic N) is 3. The maximum absolute atomic E-state index is 12.7. The van der Waals surface area contributed by atoms with E-state index in [4.69, 9.17) is 4.74 Å². The van der Waals surface area contributed by atoms with Crippen LogP contribution in [0, 0.1) is 13.8 Å². The van der Waals surface area contributed by atoms with Crippen LogP contribution in [0.2, 0.25) is 0 Å². The van der Waals surface area contributed by atoms with E-state index >= 15 is 0 Å². The third-order valence-corrected chi connectivity index (χ3v) is 6.01. The molecule has 4 aromatic rings. The van der Waals surface area contributed by atoms with E-state index in [1.165, 1.54) is 11.3 Å². The van der Waals surface area contributed by atoms with Gasteiger partial charge in [-0.15, -0.1) is 11.3 Å². The first kappa shape index (κ1) is 19.1. The first-order chi connectivity index (χ1) is 14.1. The Kier molecular flexibility index (Phi) is 5.31. The van der Waals surface area contributed by atoms with Crippen molar-refractivity contribution in [1.82, 2.24) is 19.9 Å². The monoisotopic (exact) mass is 406 g/mol. The maximum atomic E-state index is 12.7. The van der Waals surface area contributed by atoms with E-state index in [0.29, 0.717) is 18.0 Å². The minimum Gasteiger partial charge on any atom is -0.497 e. The highest BCUT2D eigenvalue weighted by atomic mass is 32.1. The number of hydrogen-bond acceptors (Lipinski definition) is 5. The van der Waals surface area contributed by atoms with Crippen LogP contribution in [-0.2, 0) is 6.54 Å². The number of amides is 1. The van der Waals surface area contributed by atoms with E-state index in [1.54, 1.807) is 7.11 Å². The average Bonchev–Trinajstić information content (AvgIpc) is 3.28. The molecule has 29 heavy (non-hydrogen) atoms. The van der Waals surface area contributed by atoms with Gasteiger partial charge in [0.15, 0.2) is 0 Å². The fourth-order valence-corrected chi connectivity index (χ4v) is 4.29. The number of carbonyl (C=O) groups is 1. The van der Waals surface area contributed by atoms with Crippen molar-refractivity contribution in [3.63, 3.8) is 0 Å². The summed E-state index contributed by atoms with van der Waals surface area (Å²) >= 11 is 1.40. The first-order valence-electron chi connectivity index (χ1n) is 9.38. The van der Waals surface area contributed by atoms with Crippen molar-refractivity contribution in [3.8, 4) is 16.3 Å². The third kappa shape index (κ3) is 3.86. The van der Waals surface area contributed by atoms with Gasteiger partial charge < -0.3 is 14.6 Å². The Bertz CT molecular complexity index is 1160. The minimum absolute atomic E-state index is 0.0955. The summed E-state index contributed by atoms with van der Waals surface area (Å²) in [6.07, 6.45) is 0. The zero-order valence-corrected chi connectivity index (χ0v) is 17.4. The van der Waals surface area contributed by atoms with Gasteiger partial charge in [-0.3, -0.25) is 4.79 Å². The predicted molar refractivity (Wildman–Crippen MR) is 116 cm³/mol. The summed E-state index contributed by atoms with van der Waals surface area (Å²) in [6.45, 7) is 5.04.